The van der Waals surface area contributed by atoms with E-state index in [2.05, 4.69) is 36.5 Å². The number of nitrogens with one attached hydrogen (secondary N) is 2. The molecule has 1 aromatic heterocycles. The second-order valence-corrected chi connectivity index (χ2v) is 3.14. The summed E-state index contributed by atoms with van der Waals surface area (Å²) in [5, 5.41) is 14.4. The van der Waals surface area contributed by atoms with E-state index in [1.54, 1.807) is 13.2 Å². The lowest BCUT2D eigenvalue weighted by Gasteiger charge is -2.06. The normalized spacial score (nSPS) is 9.77. The van der Waals surface area contributed by atoms with Gasteiger partial charge in [-0.25, -0.2) is 4.98 Å². The van der Waals surface area contributed by atoms with Crippen LogP contribution in [0.2, 0.25) is 0 Å². The number of hydrogen-bond acceptors (Lipinski definition) is 5. The molecule has 3 N–H and O–H groups in total. The molecule has 0 radical (unpaired) electrons. The van der Waals surface area contributed by atoms with Crippen molar-refractivity contribution < 1.29 is 5.11 Å². The van der Waals surface area contributed by atoms with Gasteiger partial charge in [-0.3, -0.25) is 0 Å². The van der Waals surface area contributed by atoms with Gasteiger partial charge in [-0.05, 0) is 15.9 Å². The number of halogens is 1. The van der Waals surface area contributed by atoms with Crippen LogP contribution in [0.4, 0.5) is 11.8 Å². The molecular formula is C7H11BrN4O. The number of rotatable bonds is 4. The van der Waals surface area contributed by atoms with Gasteiger partial charge in [0.05, 0.1) is 11.1 Å². The number of aliphatic hydroxyl groups excluding tert-OH is 1. The zero-order valence-corrected chi connectivity index (χ0v) is 8.80. The van der Waals surface area contributed by atoms with E-state index in [0.717, 1.165) is 4.47 Å². The van der Waals surface area contributed by atoms with Gasteiger partial charge in [-0.1, -0.05) is 0 Å². The van der Waals surface area contributed by atoms with Crippen molar-refractivity contribution >= 4 is 27.7 Å². The van der Waals surface area contributed by atoms with Gasteiger partial charge in [-0.15, -0.1) is 0 Å². The molecule has 0 unspecified atom stereocenters. The Kier molecular flexibility index (Phi) is 3.91. The molecular weight excluding hydrogens is 236 g/mol. The van der Waals surface area contributed by atoms with Crippen molar-refractivity contribution in [1.82, 2.24) is 9.97 Å². The highest BCUT2D eigenvalue weighted by atomic mass is 79.9. The third-order valence-corrected chi connectivity index (χ3v) is 1.95. The zero-order valence-electron chi connectivity index (χ0n) is 7.21. The summed E-state index contributed by atoms with van der Waals surface area (Å²) < 4.78 is 0.778. The molecule has 0 atom stereocenters. The molecule has 0 spiro atoms. The molecule has 0 aliphatic rings. The summed E-state index contributed by atoms with van der Waals surface area (Å²) in [6.45, 7) is 0.546. The number of nitrogens with zero attached hydrogens (tertiary/aromatic N) is 2. The molecule has 1 heterocycles. The van der Waals surface area contributed by atoms with Crippen LogP contribution in [0.3, 0.4) is 0 Å². The van der Waals surface area contributed by atoms with Crippen molar-refractivity contribution in [2.75, 3.05) is 30.8 Å². The van der Waals surface area contributed by atoms with Crippen molar-refractivity contribution in [3.63, 3.8) is 0 Å². The van der Waals surface area contributed by atoms with Crippen molar-refractivity contribution in [1.29, 1.82) is 0 Å². The Balaban J connectivity index is 2.78. The highest BCUT2D eigenvalue weighted by molar-refractivity contribution is 9.10. The molecule has 72 valence electrons. The van der Waals surface area contributed by atoms with Crippen LogP contribution in [0.1, 0.15) is 0 Å². The summed E-state index contributed by atoms with van der Waals surface area (Å²) in [7, 11) is 1.75. The molecule has 1 rings (SSSR count). The minimum atomic E-state index is 0.0747. The minimum absolute atomic E-state index is 0.0747. The average Bonchev–Trinajstić information content (AvgIpc) is 2.17. The van der Waals surface area contributed by atoms with E-state index < -0.39 is 0 Å². The Morgan fingerprint density at radius 1 is 1.62 bits per heavy atom. The van der Waals surface area contributed by atoms with Crippen molar-refractivity contribution in [3.8, 4) is 0 Å². The van der Waals surface area contributed by atoms with Gasteiger partial charge in [0.15, 0.2) is 0 Å². The van der Waals surface area contributed by atoms with E-state index in [4.69, 9.17) is 5.11 Å². The van der Waals surface area contributed by atoms with E-state index >= 15 is 0 Å². The molecule has 0 bridgehead atoms. The number of hydrogen-bond donors (Lipinski definition) is 3. The molecule has 0 amide bonds. The predicted octanol–water partition coefficient (Wildman–Crippen LogP) is 0.685. The number of anilines is 2. The van der Waals surface area contributed by atoms with Gasteiger partial charge in [0.1, 0.15) is 5.82 Å². The molecule has 13 heavy (non-hydrogen) atoms. The van der Waals surface area contributed by atoms with Gasteiger partial charge < -0.3 is 15.7 Å². The van der Waals surface area contributed by atoms with Gasteiger partial charge in [0.2, 0.25) is 5.95 Å². The Morgan fingerprint density at radius 3 is 3.00 bits per heavy atom. The molecule has 0 saturated heterocycles. The minimum Gasteiger partial charge on any atom is -0.395 e. The largest absolute Gasteiger partial charge is 0.395 e. The average molecular weight is 247 g/mol. The van der Waals surface area contributed by atoms with Crippen LogP contribution in [0.15, 0.2) is 10.7 Å². The zero-order chi connectivity index (χ0) is 9.68. The molecule has 0 aliphatic carbocycles. The molecule has 0 fully saturated rings. The highest BCUT2D eigenvalue weighted by Crippen LogP contribution is 2.19. The van der Waals surface area contributed by atoms with Crippen molar-refractivity contribution in [2.24, 2.45) is 0 Å². The monoisotopic (exact) mass is 246 g/mol. The molecule has 0 saturated carbocycles. The van der Waals surface area contributed by atoms with Crippen LogP contribution < -0.4 is 10.6 Å². The van der Waals surface area contributed by atoms with Crippen LogP contribution >= 0.6 is 15.9 Å². The first-order chi connectivity index (χ1) is 6.27. The van der Waals surface area contributed by atoms with Crippen molar-refractivity contribution in [3.05, 3.63) is 10.7 Å². The lowest BCUT2D eigenvalue weighted by Crippen LogP contribution is -2.09. The smallest absolute Gasteiger partial charge is 0.224 e. The van der Waals surface area contributed by atoms with E-state index in [-0.39, 0.29) is 6.61 Å². The highest BCUT2D eigenvalue weighted by Gasteiger charge is 2.02. The number of aliphatic hydroxyl groups is 1. The number of aromatic nitrogens is 2. The standard InChI is InChI=1S/C7H11BrN4O/c1-9-7-11-4-5(8)6(12-7)10-2-3-13/h4,13H,2-3H2,1H3,(H2,9,10,11,12). The van der Waals surface area contributed by atoms with E-state index in [9.17, 15) is 0 Å². The topological polar surface area (TPSA) is 70.1 Å². The van der Waals surface area contributed by atoms with E-state index in [1.165, 1.54) is 0 Å². The maximum absolute atomic E-state index is 8.61. The summed E-state index contributed by atoms with van der Waals surface area (Å²) in [5.74, 6) is 1.22. The van der Waals surface area contributed by atoms with Gasteiger partial charge in [0.25, 0.3) is 0 Å². The third-order valence-electron chi connectivity index (χ3n) is 1.37. The fraction of sp³-hybridized carbons (Fsp3) is 0.429. The Morgan fingerprint density at radius 2 is 2.38 bits per heavy atom. The summed E-state index contributed by atoms with van der Waals surface area (Å²) in [4.78, 5) is 8.13. The fourth-order valence-corrected chi connectivity index (χ4v) is 1.12. The predicted molar refractivity (Wildman–Crippen MR) is 54.9 cm³/mol. The van der Waals surface area contributed by atoms with Crippen LogP contribution in [-0.2, 0) is 0 Å². The molecule has 0 aliphatic heterocycles. The molecule has 0 aromatic carbocycles. The quantitative estimate of drug-likeness (QED) is 0.730. The summed E-state index contributed by atoms with van der Waals surface area (Å²) in [6.07, 6.45) is 1.65. The summed E-state index contributed by atoms with van der Waals surface area (Å²) >= 11 is 3.29. The van der Waals surface area contributed by atoms with Gasteiger partial charge >= 0.3 is 0 Å². The fourth-order valence-electron chi connectivity index (χ4n) is 0.786. The Hall–Kier alpha value is -0.880. The molecule has 1 aromatic rings. The first-order valence-corrected chi connectivity index (χ1v) is 4.62. The maximum atomic E-state index is 8.61. The van der Waals surface area contributed by atoms with Crippen LogP contribution in [-0.4, -0.2) is 35.3 Å². The molecule has 5 nitrogen and oxygen atoms in total. The van der Waals surface area contributed by atoms with E-state index in [1.807, 2.05) is 0 Å². The lowest BCUT2D eigenvalue weighted by atomic mass is 10.5. The Bertz CT molecular complexity index is 281. The maximum Gasteiger partial charge on any atom is 0.224 e. The van der Waals surface area contributed by atoms with Gasteiger partial charge in [-0.2, -0.15) is 4.98 Å². The van der Waals surface area contributed by atoms with E-state index in [0.29, 0.717) is 18.3 Å². The SMILES string of the molecule is CNc1ncc(Br)c(NCCO)n1. The summed E-state index contributed by atoms with van der Waals surface area (Å²) in [6, 6.07) is 0. The Labute approximate surface area is 84.7 Å². The third kappa shape index (κ3) is 2.82. The first-order valence-electron chi connectivity index (χ1n) is 3.83. The summed E-state index contributed by atoms with van der Waals surface area (Å²) in [5.41, 5.74) is 0. The van der Waals surface area contributed by atoms with Crippen LogP contribution in [0.25, 0.3) is 0 Å². The van der Waals surface area contributed by atoms with Gasteiger partial charge in [0, 0.05) is 19.8 Å². The van der Waals surface area contributed by atoms with Crippen LogP contribution in [0, 0.1) is 0 Å². The van der Waals surface area contributed by atoms with Crippen molar-refractivity contribution in [2.45, 2.75) is 0 Å². The van der Waals surface area contributed by atoms with Crippen LogP contribution in [0.5, 0.6) is 0 Å². The molecule has 6 heteroatoms. The second kappa shape index (κ2) is 4.98. The first kappa shape index (κ1) is 10.2. The second-order valence-electron chi connectivity index (χ2n) is 2.29. The lowest BCUT2D eigenvalue weighted by molar-refractivity contribution is 0.311.